The van der Waals surface area contributed by atoms with Gasteiger partial charge in [0.05, 0.1) is 11.2 Å². The van der Waals surface area contributed by atoms with Crippen molar-refractivity contribution in [3.8, 4) is 0 Å². The summed E-state index contributed by atoms with van der Waals surface area (Å²) in [7, 11) is 0. The fourth-order valence-corrected chi connectivity index (χ4v) is 2.54. The maximum Gasteiger partial charge on any atom is 0.251 e. The summed E-state index contributed by atoms with van der Waals surface area (Å²) in [5, 5.41) is 8.26. The number of aromatic nitrogens is 2. The third kappa shape index (κ3) is 4.99. The maximum absolute atomic E-state index is 12.1. The van der Waals surface area contributed by atoms with Crippen molar-refractivity contribution in [1.82, 2.24) is 15.3 Å². The molecule has 2 N–H and O–H groups in total. The third-order valence-corrected chi connectivity index (χ3v) is 3.59. The van der Waals surface area contributed by atoms with E-state index >= 15 is 0 Å². The summed E-state index contributed by atoms with van der Waals surface area (Å²) in [6.07, 6.45) is 1.69. The van der Waals surface area contributed by atoms with E-state index in [1.165, 1.54) is 0 Å². The highest BCUT2D eigenvalue weighted by molar-refractivity contribution is 7.07. The molecule has 2 rings (SSSR count). The molecule has 2 aromatic heterocycles. The first-order valence-electron chi connectivity index (χ1n) is 6.75. The van der Waals surface area contributed by atoms with Crippen molar-refractivity contribution in [3.63, 3.8) is 0 Å². The van der Waals surface area contributed by atoms with Crippen LogP contribution in [-0.4, -0.2) is 29.0 Å². The molecule has 0 fully saturated rings. The fourth-order valence-electron chi connectivity index (χ4n) is 1.74. The second-order valence-electron chi connectivity index (χ2n) is 4.48. The molecule has 0 aliphatic carbocycles. The summed E-state index contributed by atoms with van der Waals surface area (Å²) in [4.78, 5) is 20.4. The van der Waals surface area contributed by atoms with E-state index in [-0.39, 0.29) is 5.91 Å². The third-order valence-electron chi connectivity index (χ3n) is 2.76. The summed E-state index contributed by atoms with van der Waals surface area (Å²) >= 11 is 7.50. The second kappa shape index (κ2) is 7.95. The summed E-state index contributed by atoms with van der Waals surface area (Å²) in [5.74, 6) is 0.461. The van der Waals surface area contributed by atoms with Gasteiger partial charge in [0.15, 0.2) is 0 Å². The molecule has 2 heterocycles. The van der Waals surface area contributed by atoms with Gasteiger partial charge in [0.2, 0.25) is 0 Å². The Morgan fingerprint density at radius 3 is 2.95 bits per heavy atom. The minimum absolute atomic E-state index is 0.158. The van der Waals surface area contributed by atoms with E-state index in [2.05, 4.69) is 27.5 Å². The van der Waals surface area contributed by atoms with Gasteiger partial charge in [-0.25, -0.2) is 9.97 Å². The zero-order chi connectivity index (χ0) is 15.1. The number of nitrogens with one attached hydrogen (secondary N) is 2. The molecule has 0 aliphatic heterocycles. The van der Waals surface area contributed by atoms with Crippen LogP contribution in [0.25, 0.3) is 0 Å². The number of carbonyl (C=O) groups excluding carboxylic acids is 1. The second-order valence-corrected chi connectivity index (χ2v) is 5.58. The molecular formula is C14H17ClN4OS. The first-order chi connectivity index (χ1) is 10.2. The van der Waals surface area contributed by atoms with Gasteiger partial charge in [-0.1, -0.05) is 18.5 Å². The van der Waals surface area contributed by atoms with Gasteiger partial charge < -0.3 is 10.6 Å². The zero-order valence-electron chi connectivity index (χ0n) is 11.7. The predicted molar refractivity (Wildman–Crippen MR) is 86.2 cm³/mol. The van der Waals surface area contributed by atoms with E-state index in [0.29, 0.717) is 23.1 Å². The van der Waals surface area contributed by atoms with Crippen molar-refractivity contribution in [2.24, 2.45) is 0 Å². The number of nitrogens with zero attached hydrogens (tertiary/aromatic N) is 2. The molecule has 0 saturated carbocycles. The van der Waals surface area contributed by atoms with Crippen LogP contribution in [-0.2, 0) is 6.42 Å². The van der Waals surface area contributed by atoms with Gasteiger partial charge in [0.1, 0.15) is 11.0 Å². The van der Waals surface area contributed by atoms with Gasteiger partial charge in [0, 0.05) is 30.5 Å². The monoisotopic (exact) mass is 324 g/mol. The number of thiazole rings is 1. The van der Waals surface area contributed by atoms with Crippen LogP contribution in [0.4, 0.5) is 5.82 Å². The molecule has 2 aromatic rings. The smallest absolute Gasteiger partial charge is 0.251 e. The highest BCUT2D eigenvalue weighted by Gasteiger charge is 2.09. The first-order valence-corrected chi connectivity index (χ1v) is 8.08. The number of carbonyl (C=O) groups is 1. The molecule has 0 saturated heterocycles. The van der Waals surface area contributed by atoms with Crippen LogP contribution in [0.5, 0.6) is 0 Å². The van der Waals surface area contributed by atoms with Crippen LogP contribution in [0.1, 0.15) is 29.4 Å². The van der Waals surface area contributed by atoms with Crippen molar-refractivity contribution in [1.29, 1.82) is 0 Å². The normalized spacial score (nSPS) is 10.4. The first kappa shape index (κ1) is 15.7. The largest absolute Gasteiger partial charge is 0.370 e. The number of anilines is 1. The van der Waals surface area contributed by atoms with Crippen LogP contribution in [0, 0.1) is 0 Å². The van der Waals surface area contributed by atoms with Gasteiger partial charge in [-0.2, -0.15) is 0 Å². The lowest BCUT2D eigenvalue weighted by atomic mass is 10.2. The van der Waals surface area contributed by atoms with Crippen LogP contribution >= 0.6 is 22.9 Å². The summed E-state index contributed by atoms with van der Waals surface area (Å²) in [6, 6.07) is 3.27. The number of pyridine rings is 1. The Labute approximate surface area is 132 Å². The standard InChI is InChI=1S/C14H17ClN4OS/c1-2-4-16-13-7-10(6-12(15)19-13)14(20)17-5-3-11-8-21-9-18-11/h6-9H,2-5H2,1H3,(H,16,19)(H,17,20). The molecule has 0 spiro atoms. The molecule has 0 aliphatic rings. The highest BCUT2D eigenvalue weighted by Crippen LogP contribution is 2.14. The van der Waals surface area contributed by atoms with Gasteiger partial charge in [-0.15, -0.1) is 11.3 Å². The summed E-state index contributed by atoms with van der Waals surface area (Å²) in [6.45, 7) is 3.39. The molecule has 0 unspecified atom stereocenters. The van der Waals surface area contributed by atoms with Gasteiger partial charge in [-0.3, -0.25) is 4.79 Å². The lowest BCUT2D eigenvalue weighted by Gasteiger charge is -2.08. The number of halogens is 1. The average Bonchev–Trinajstić information content (AvgIpc) is 2.97. The van der Waals surface area contributed by atoms with E-state index in [0.717, 1.165) is 25.1 Å². The Morgan fingerprint density at radius 1 is 1.38 bits per heavy atom. The fraction of sp³-hybridized carbons (Fsp3) is 0.357. The molecule has 112 valence electrons. The van der Waals surface area contributed by atoms with Gasteiger partial charge in [0.25, 0.3) is 5.91 Å². The van der Waals surface area contributed by atoms with Crippen LogP contribution in [0.2, 0.25) is 5.15 Å². The van der Waals surface area contributed by atoms with E-state index in [1.54, 1.807) is 29.0 Å². The molecule has 0 atom stereocenters. The number of hydrogen-bond acceptors (Lipinski definition) is 5. The minimum atomic E-state index is -0.158. The SMILES string of the molecule is CCCNc1cc(C(=O)NCCc2cscn2)cc(Cl)n1. The Balaban J connectivity index is 1.93. The molecule has 0 aromatic carbocycles. The molecule has 1 amide bonds. The highest BCUT2D eigenvalue weighted by atomic mass is 35.5. The Hall–Kier alpha value is -1.66. The van der Waals surface area contributed by atoms with Crippen molar-refractivity contribution in [3.05, 3.63) is 39.4 Å². The minimum Gasteiger partial charge on any atom is -0.370 e. The lowest BCUT2D eigenvalue weighted by Crippen LogP contribution is -2.26. The molecule has 5 nitrogen and oxygen atoms in total. The van der Waals surface area contributed by atoms with Gasteiger partial charge in [-0.05, 0) is 18.6 Å². The molecule has 0 radical (unpaired) electrons. The summed E-state index contributed by atoms with van der Waals surface area (Å²) in [5.41, 5.74) is 3.27. The topological polar surface area (TPSA) is 66.9 Å². The zero-order valence-corrected chi connectivity index (χ0v) is 13.3. The number of hydrogen-bond donors (Lipinski definition) is 2. The number of rotatable bonds is 7. The molecule has 7 heteroatoms. The van der Waals surface area contributed by atoms with Crippen molar-refractivity contribution in [2.75, 3.05) is 18.4 Å². The average molecular weight is 325 g/mol. The molecular weight excluding hydrogens is 308 g/mol. The van der Waals surface area contributed by atoms with Crippen LogP contribution in [0.3, 0.4) is 0 Å². The number of amides is 1. The Kier molecular flexibility index (Phi) is 5.95. The van der Waals surface area contributed by atoms with Gasteiger partial charge >= 0.3 is 0 Å². The molecule has 21 heavy (non-hydrogen) atoms. The Morgan fingerprint density at radius 2 is 2.24 bits per heavy atom. The lowest BCUT2D eigenvalue weighted by molar-refractivity contribution is 0.0954. The predicted octanol–water partition coefficient (Wildman–Crippen LogP) is 2.99. The van der Waals surface area contributed by atoms with Crippen LogP contribution < -0.4 is 10.6 Å². The van der Waals surface area contributed by atoms with E-state index in [9.17, 15) is 4.79 Å². The maximum atomic E-state index is 12.1. The summed E-state index contributed by atoms with van der Waals surface area (Å²) < 4.78 is 0. The van der Waals surface area contributed by atoms with E-state index in [1.807, 2.05) is 5.38 Å². The van der Waals surface area contributed by atoms with Crippen molar-refractivity contribution in [2.45, 2.75) is 19.8 Å². The van der Waals surface area contributed by atoms with E-state index < -0.39 is 0 Å². The van der Waals surface area contributed by atoms with Crippen molar-refractivity contribution >= 4 is 34.7 Å². The quantitative estimate of drug-likeness (QED) is 0.768. The van der Waals surface area contributed by atoms with E-state index in [4.69, 9.17) is 11.6 Å². The van der Waals surface area contributed by atoms with Crippen LogP contribution in [0.15, 0.2) is 23.0 Å². The molecule has 0 bridgehead atoms. The van der Waals surface area contributed by atoms with Crippen molar-refractivity contribution < 1.29 is 4.79 Å². The Bertz CT molecular complexity index is 589.